The van der Waals surface area contributed by atoms with Crippen molar-refractivity contribution in [2.45, 2.75) is 51.3 Å². The maximum absolute atomic E-state index is 9.42. The molecule has 0 spiro atoms. The van der Waals surface area contributed by atoms with Crippen LogP contribution < -0.4 is 5.32 Å². The monoisotopic (exact) mass is 223 g/mol. The molecule has 1 aliphatic carbocycles. The van der Waals surface area contributed by atoms with Gasteiger partial charge in [0.15, 0.2) is 0 Å². The van der Waals surface area contributed by atoms with Crippen LogP contribution in [0.2, 0.25) is 0 Å². The van der Waals surface area contributed by atoms with Crippen molar-refractivity contribution < 1.29 is 5.11 Å². The van der Waals surface area contributed by atoms with Gasteiger partial charge >= 0.3 is 0 Å². The zero-order valence-electron chi connectivity index (χ0n) is 10.1. The molecule has 1 fully saturated rings. The lowest BCUT2D eigenvalue weighted by Gasteiger charge is -2.26. The largest absolute Gasteiger partial charge is 0.393 e. The number of aliphatic hydroxyl groups is 1. The van der Waals surface area contributed by atoms with E-state index < -0.39 is 0 Å². The molecule has 0 amide bonds. The van der Waals surface area contributed by atoms with E-state index in [9.17, 15) is 5.11 Å². The summed E-state index contributed by atoms with van der Waals surface area (Å²) < 4.78 is 1.90. The van der Waals surface area contributed by atoms with Crippen LogP contribution in [-0.4, -0.2) is 27.0 Å². The third-order valence-corrected chi connectivity index (χ3v) is 3.61. The number of aromatic nitrogens is 2. The summed E-state index contributed by atoms with van der Waals surface area (Å²) in [6, 6.07) is 0.558. The number of nitrogens with zero attached hydrogens (tertiary/aromatic N) is 2. The second-order valence-corrected chi connectivity index (χ2v) is 4.77. The number of hydrogen-bond donors (Lipinski definition) is 2. The number of nitrogens with one attached hydrogen (secondary N) is 1. The van der Waals surface area contributed by atoms with E-state index in [1.807, 2.05) is 17.9 Å². The maximum Gasteiger partial charge on any atom is 0.0541 e. The lowest BCUT2D eigenvalue weighted by Crippen LogP contribution is -2.34. The Morgan fingerprint density at radius 1 is 1.44 bits per heavy atom. The first kappa shape index (κ1) is 11.6. The van der Waals surface area contributed by atoms with Crippen LogP contribution >= 0.6 is 0 Å². The van der Waals surface area contributed by atoms with E-state index in [0.29, 0.717) is 6.04 Å². The Morgan fingerprint density at radius 2 is 2.12 bits per heavy atom. The van der Waals surface area contributed by atoms with Crippen molar-refractivity contribution in [2.24, 2.45) is 7.05 Å². The molecule has 2 rings (SSSR count). The SMILES string of the molecule is Cc1c(CNC2CCC(O)CC2)cnn1C. The van der Waals surface area contributed by atoms with Crippen LogP contribution in [0.3, 0.4) is 0 Å². The van der Waals surface area contributed by atoms with Gasteiger partial charge < -0.3 is 10.4 Å². The molecule has 1 aliphatic rings. The van der Waals surface area contributed by atoms with E-state index in [1.165, 1.54) is 11.3 Å². The van der Waals surface area contributed by atoms with E-state index >= 15 is 0 Å². The molecule has 1 saturated carbocycles. The Morgan fingerprint density at radius 3 is 2.69 bits per heavy atom. The molecule has 0 unspecified atom stereocenters. The molecule has 0 saturated heterocycles. The summed E-state index contributed by atoms with van der Waals surface area (Å²) >= 11 is 0. The third-order valence-electron chi connectivity index (χ3n) is 3.61. The Balaban J connectivity index is 1.81. The maximum atomic E-state index is 9.42. The first-order chi connectivity index (χ1) is 7.66. The molecular formula is C12H21N3O. The third kappa shape index (κ3) is 2.62. The molecule has 90 valence electrons. The summed E-state index contributed by atoms with van der Waals surface area (Å²) in [5.41, 5.74) is 2.50. The predicted octanol–water partition coefficient (Wildman–Crippen LogP) is 1.12. The highest BCUT2D eigenvalue weighted by molar-refractivity contribution is 5.15. The van der Waals surface area contributed by atoms with Crippen molar-refractivity contribution in [3.05, 3.63) is 17.5 Å². The molecule has 0 bridgehead atoms. The molecule has 1 heterocycles. The molecule has 0 radical (unpaired) electrons. The minimum atomic E-state index is -0.0711. The average Bonchev–Trinajstić information content (AvgIpc) is 2.60. The summed E-state index contributed by atoms with van der Waals surface area (Å²) in [4.78, 5) is 0. The molecule has 1 aromatic rings. The van der Waals surface area contributed by atoms with Gasteiger partial charge in [-0.05, 0) is 32.6 Å². The number of aryl methyl sites for hydroxylation is 1. The van der Waals surface area contributed by atoms with Crippen LogP contribution in [0.4, 0.5) is 0 Å². The Labute approximate surface area is 96.7 Å². The van der Waals surface area contributed by atoms with Crippen molar-refractivity contribution in [1.82, 2.24) is 15.1 Å². The van der Waals surface area contributed by atoms with Crippen molar-refractivity contribution in [1.29, 1.82) is 0 Å². The highest BCUT2D eigenvalue weighted by atomic mass is 16.3. The number of hydrogen-bond acceptors (Lipinski definition) is 3. The van der Waals surface area contributed by atoms with E-state index in [4.69, 9.17) is 0 Å². The second kappa shape index (κ2) is 4.97. The molecule has 0 aromatic carbocycles. The molecule has 1 aromatic heterocycles. The molecule has 4 nitrogen and oxygen atoms in total. The highest BCUT2D eigenvalue weighted by Gasteiger charge is 2.18. The van der Waals surface area contributed by atoms with Crippen molar-refractivity contribution in [3.63, 3.8) is 0 Å². The smallest absolute Gasteiger partial charge is 0.0541 e. The van der Waals surface area contributed by atoms with Gasteiger partial charge in [-0.1, -0.05) is 0 Å². The van der Waals surface area contributed by atoms with Gasteiger partial charge in [-0.2, -0.15) is 5.10 Å². The summed E-state index contributed by atoms with van der Waals surface area (Å²) in [7, 11) is 1.97. The first-order valence-electron chi connectivity index (χ1n) is 6.05. The molecular weight excluding hydrogens is 202 g/mol. The fourth-order valence-electron chi connectivity index (χ4n) is 2.25. The minimum absolute atomic E-state index is 0.0711. The Kier molecular flexibility index (Phi) is 3.61. The molecule has 2 N–H and O–H groups in total. The van der Waals surface area contributed by atoms with Crippen LogP contribution in [0.5, 0.6) is 0 Å². The van der Waals surface area contributed by atoms with Crippen LogP contribution in [0.1, 0.15) is 36.9 Å². The fourth-order valence-corrected chi connectivity index (χ4v) is 2.25. The molecule has 0 aliphatic heterocycles. The lowest BCUT2D eigenvalue weighted by atomic mass is 9.93. The fraction of sp³-hybridized carbons (Fsp3) is 0.750. The van der Waals surface area contributed by atoms with Gasteiger partial charge in [-0.15, -0.1) is 0 Å². The van der Waals surface area contributed by atoms with Crippen molar-refractivity contribution in [3.8, 4) is 0 Å². The topological polar surface area (TPSA) is 50.1 Å². The minimum Gasteiger partial charge on any atom is -0.393 e. The Bertz CT molecular complexity index is 340. The Hall–Kier alpha value is -0.870. The van der Waals surface area contributed by atoms with Crippen LogP contribution in [0.15, 0.2) is 6.20 Å². The normalized spacial score (nSPS) is 25.9. The van der Waals surface area contributed by atoms with Gasteiger partial charge in [-0.25, -0.2) is 0 Å². The second-order valence-electron chi connectivity index (χ2n) is 4.77. The highest BCUT2D eigenvalue weighted by Crippen LogP contribution is 2.18. The van der Waals surface area contributed by atoms with Gasteiger partial charge in [0.1, 0.15) is 0 Å². The van der Waals surface area contributed by atoms with Crippen LogP contribution in [-0.2, 0) is 13.6 Å². The van der Waals surface area contributed by atoms with Gasteiger partial charge in [0.05, 0.1) is 12.3 Å². The van der Waals surface area contributed by atoms with Gasteiger partial charge in [0.25, 0.3) is 0 Å². The van der Waals surface area contributed by atoms with Crippen molar-refractivity contribution in [2.75, 3.05) is 0 Å². The summed E-state index contributed by atoms with van der Waals surface area (Å²) in [5.74, 6) is 0. The number of aliphatic hydroxyl groups excluding tert-OH is 1. The van der Waals surface area contributed by atoms with E-state index in [2.05, 4.69) is 17.3 Å². The van der Waals surface area contributed by atoms with E-state index in [-0.39, 0.29) is 6.10 Å². The summed E-state index contributed by atoms with van der Waals surface area (Å²) in [6.45, 7) is 2.98. The van der Waals surface area contributed by atoms with Gasteiger partial charge in [0, 0.05) is 30.9 Å². The van der Waals surface area contributed by atoms with Gasteiger partial charge in [0.2, 0.25) is 0 Å². The standard InChI is InChI=1S/C12H21N3O/c1-9-10(8-14-15(9)2)7-13-11-3-5-12(16)6-4-11/h8,11-13,16H,3-7H2,1-2H3. The summed E-state index contributed by atoms with van der Waals surface area (Å²) in [5, 5.41) is 17.2. The number of rotatable bonds is 3. The molecule has 0 atom stereocenters. The van der Waals surface area contributed by atoms with Crippen LogP contribution in [0, 0.1) is 6.92 Å². The van der Waals surface area contributed by atoms with E-state index in [1.54, 1.807) is 0 Å². The van der Waals surface area contributed by atoms with Crippen molar-refractivity contribution >= 4 is 0 Å². The first-order valence-corrected chi connectivity index (χ1v) is 6.05. The summed E-state index contributed by atoms with van der Waals surface area (Å²) in [6.07, 6.45) is 5.90. The van der Waals surface area contributed by atoms with Gasteiger partial charge in [-0.3, -0.25) is 4.68 Å². The predicted molar refractivity (Wildman–Crippen MR) is 63.0 cm³/mol. The lowest BCUT2D eigenvalue weighted by molar-refractivity contribution is 0.116. The molecule has 16 heavy (non-hydrogen) atoms. The quantitative estimate of drug-likeness (QED) is 0.807. The average molecular weight is 223 g/mol. The zero-order valence-corrected chi connectivity index (χ0v) is 10.1. The molecule has 4 heteroatoms. The van der Waals surface area contributed by atoms with E-state index in [0.717, 1.165) is 32.2 Å². The van der Waals surface area contributed by atoms with Crippen LogP contribution in [0.25, 0.3) is 0 Å². The zero-order chi connectivity index (χ0) is 11.5.